The number of aromatic nitrogens is 2. The first-order valence-corrected chi connectivity index (χ1v) is 6.11. The lowest BCUT2D eigenvalue weighted by Gasteiger charge is -2.19. The zero-order valence-electron chi connectivity index (χ0n) is 9.74. The van der Waals surface area contributed by atoms with Crippen LogP contribution in [0.3, 0.4) is 0 Å². The van der Waals surface area contributed by atoms with Crippen molar-refractivity contribution in [3.8, 4) is 0 Å². The van der Waals surface area contributed by atoms with Crippen LogP contribution in [0.5, 0.6) is 0 Å². The highest BCUT2D eigenvalue weighted by Crippen LogP contribution is 2.29. The van der Waals surface area contributed by atoms with Crippen molar-refractivity contribution in [1.82, 2.24) is 15.1 Å². The fourth-order valence-electron chi connectivity index (χ4n) is 2.61. The predicted octanol–water partition coefficient (Wildman–Crippen LogP) is 2.15. The number of rotatable bonds is 4. The Balaban J connectivity index is 2.16. The molecule has 3 nitrogen and oxygen atoms in total. The van der Waals surface area contributed by atoms with Crippen molar-refractivity contribution in [2.24, 2.45) is 0 Å². The molecular formula is C12H21N3. The lowest BCUT2D eigenvalue weighted by atomic mass is 9.95. The zero-order valence-corrected chi connectivity index (χ0v) is 9.74. The van der Waals surface area contributed by atoms with Gasteiger partial charge in [0.15, 0.2) is 0 Å². The summed E-state index contributed by atoms with van der Waals surface area (Å²) in [5.41, 5.74) is 1.42. The van der Waals surface area contributed by atoms with E-state index in [1.807, 2.05) is 6.20 Å². The van der Waals surface area contributed by atoms with Crippen LogP contribution in [0.25, 0.3) is 0 Å². The van der Waals surface area contributed by atoms with E-state index in [4.69, 9.17) is 0 Å². The number of nitrogens with one attached hydrogen (secondary N) is 1. The molecule has 1 aromatic heterocycles. The number of hydrogen-bond donors (Lipinski definition) is 1. The van der Waals surface area contributed by atoms with Gasteiger partial charge in [0.05, 0.1) is 0 Å². The van der Waals surface area contributed by atoms with E-state index in [-0.39, 0.29) is 0 Å². The molecule has 0 spiro atoms. The van der Waals surface area contributed by atoms with Gasteiger partial charge in [0.25, 0.3) is 0 Å². The highest BCUT2D eigenvalue weighted by Gasteiger charge is 2.28. The molecule has 2 unspecified atom stereocenters. The SMILES string of the molecule is CCCn1nccc1C1CCNC1CC. The second-order valence-electron chi connectivity index (χ2n) is 4.34. The highest BCUT2D eigenvalue weighted by atomic mass is 15.3. The minimum absolute atomic E-state index is 0.650. The summed E-state index contributed by atoms with van der Waals surface area (Å²) in [7, 11) is 0. The van der Waals surface area contributed by atoms with Gasteiger partial charge in [-0.2, -0.15) is 5.10 Å². The third-order valence-corrected chi connectivity index (χ3v) is 3.35. The maximum atomic E-state index is 4.41. The van der Waals surface area contributed by atoms with E-state index in [1.54, 1.807) is 0 Å². The Morgan fingerprint density at radius 2 is 2.40 bits per heavy atom. The van der Waals surface area contributed by atoms with Crippen molar-refractivity contribution < 1.29 is 0 Å². The Morgan fingerprint density at radius 3 is 3.13 bits per heavy atom. The van der Waals surface area contributed by atoms with Crippen molar-refractivity contribution in [2.45, 2.75) is 51.6 Å². The molecule has 84 valence electrons. The molecule has 1 fully saturated rings. The topological polar surface area (TPSA) is 29.9 Å². The zero-order chi connectivity index (χ0) is 10.7. The molecule has 0 aromatic carbocycles. The first-order valence-electron chi connectivity index (χ1n) is 6.11. The Morgan fingerprint density at radius 1 is 1.53 bits per heavy atom. The Bertz CT molecular complexity index is 306. The third-order valence-electron chi connectivity index (χ3n) is 3.35. The molecule has 0 bridgehead atoms. The molecule has 0 radical (unpaired) electrons. The molecule has 0 amide bonds. The average Bonchev–Trinajstić information content (AvgIpc) is 2.84. The predicted molar refractivity (Wildman–Crippen MR) is 62.0 cm³/mol. The van der Waals surface area contributed by atoms with E-state index in [0.717, 1.165) is 19.5 Å². The van der Waals surface area contributed by atoms with Crippen LogP contribution in [0.15, 0.2) is 12.3 Å². The third kappa shape index (κ3) is 2.07. The van der Waals surface area contributed by atoms with Gasteiger partial charge >= 0.3 is 0 Å². The molecule has 1 aliphatic rings. The molecule has 0 aliphatic carbocycles. The molecule has 2 rings (SSSR count). The maximum absolute atomic E-state index is 4.41. The molecule has 2 atom stereocenters. The summed E-state index contributed by atoms with van der Waals surface area (Å²) in [5.74, 6) is 0.670. The fraction of sp³-hybridized carbons (Fsp3) is 0.750. The first kappa shape index (κ1) is 10.7. The molecule has 3 heteroatoms. The van der Waals surface area contributed by atoms with Gasteiger partial charge < -0.3 is 5.32 Å². The number of aryl methyl sites for hydroxylation is 1. The molecule has 2 heterocycles. The monoisotopic (exact) mass is 207 g/mol. The molecule has 15 heavy (non-hydrogen) atoms. The van der Waals surface area contributed by atoms with Gasteiger partial charge in [-0.1, -0.05) is 13.8 Å². The molecule has 1 aromatic rings. The van der Waals surface area contributed by atoms with E-state index in [2.05, 4.69) is 35.0 Å². The van der Waals surface area contributed by atoms with Gasteiger partial charge in [0.1, 0.15) is 0 Å². The van der Waals surface area contributed by atoms with Crippen LogP contribution < -0.4 is 5.32 Å². The molecule has 1 saturated heterocycles. The van der Waals surface area contributed by atoms with Crippen LogP contribution in [0.4, 0.5) is 0 Å². The lowest BCUT2D eigenvalue weighted by Crippen LogP contribution is -2.26. The number of hydrogen-bond acceptors (Lipinski definition) is 2. The van der Waals surface area contributed by atoms with E-state index in [9.17, 15) is 0 Å². The van der Waals surface area contributed by atoms with E-state index in [1.165, 1.54) is 18.5 Å². The second-order valence-corrected chi connectivity index (χ2v) is 4.34. The molecular weight excluding hydrogens is 186 g/mol. The van der Waals surface area contributed by atoms with Crippen LogP contribution in [0.1, 0.15) is 44.7 Å². The first-order chi connectivity index (χ1) is 7.36. The van der Waals surface area contributed by atoms with Gasteiger partial charge in [0, 0.05) is 30.4 Å². The molecule has 1 N–H and O–H groups in total. The Hall–Kier alpha value is -0.830. The standard InChI is InChI=1S/C12H21N3/c1-3-9-15-12(6-8-14-15)10-5-7-13-11(10)4-2/h6,8,10-11,13H,3-5,7,9H2,1-2H3. The van der Waals surface area contributed by atoms with Crippen LogP contribution in [0, 0.1) is 0 Å². The molecule has 1 aliphatic heterocycles. The average molecular weight is 207 g/mol. The van der Waals surface area contributed by atoms with Gasteiger partial charge in [-0.3, -0.25) is 4.68 Å². The van der Waals surface area contributed by atoms with Crippen LogP contribution in [-0.2, 0) is 6.54 Å². The summed E-state index contributed by atoms with van der Waals surface area (Å²) < 4.78 is 2.18. The van der Waals surface area contributed by atoms with Gasteiger partial charge in [-0.05, 0) is 31.9 Å². The van der Waals surface area contributed by atoms with Gasteiger partial charge in [0.2, 0.25) is 0 Å². The van der Waals surface area contributed by atoms with Crippen LogP contribution in [-0.4, -0.2) is 22.4 Å². The van der Waals surface area contributed by atoms with Crippen molar-refractivity contribution in [3.05, 3.63) is 18.0 Å². The fourth-order valence-corrected chi connectivity index (χ4v) is 2.61. The van der Waals surface area contributed by atoms with Crippen molar-refractivity contribution in [3.63, 3.8) is 0 Å². The normalized spacial score (nSPS) is 26.0. The second kappa shape index (κ2) is 4.79. The van der Waals surface area contributed by atoms with Crippen molar-refractivity contribution in [1.29, 1.82) is 0 Å². The quantitative estimate of drug-likeness (QED) is 0.820. The molecule has 0 saturated carbocycles. The highest BCUT2D eigenvalue weighted by molar-refractivity contribution is 5.13. The maximum Gasteiger partial charge on any atom is 0.0492 e. The Labute approximate surface area is 91.9 Å². The summed E-state index contributed by atoms with van der Waals surface area (Å²) in [6, 6.07) is 2.84. The summed E-state index contributed by atoms with van der Waals surface area (Å²) in [6.07, 6.45) is 5.57. The summed E-state index contributed by atoms with van der Waals surface area (Å²) in [6.45, 7) is 6.67. The van der Waals surface area contributed by atoms with E-state index in [0.29, 0.717) is 12.0 Å². The minimum Gasteiger partial charge on any atom is -0.313 e. The van der Waals surface area contributed by atoms with Crippen LogP contribution >= 0.6 is 0 Å². The van der Waals surface area contributed by atoms with E-state index < -0.39 is 0 Å². The van der Waals surface area contributed by atoms with Crippen molar-refractivity contribution in [2.75, 3.05) is 6.54 Å². The summed E-state index contributed by atoms with van der Waals surface area (Å²) in [5, 5.41) is 7.98. The lowest BCUT2D eigenvalue weighted by molar-refractivity contribution is 0.480. The van der Waals surface area contributed by atoms with E-state index >= 15 is 0 Å². The van der Waals surface area contributed by atoms with Gasteiger partial charge in [-0.25, -0.2) is 0 Å². The summed E-state index contributed by atoms with van der Waals surface area (Å²) in [4.78, 5) is 0. The minimum atomic E-state index is 0.650. The van der Waals surface area contributed by atoms with Crippen LogP contribution in [0.2, 0.25) is 0 Å². The largest absolute Gasteiger partial charge is 0.313 e. The number of nitrogens with zero attached hydrogens (tertiary/aromatic N) is 2. The van der Waals surface area contributed by atoms with Gasteiger partial charge in [-0.15, -0.1) is 0 Å². The summed E-state index contributed by atoms with van der Waals surface area (Å²) >= 11 is 0. The smallest absolute Gasteiger partial charge is 0.0492 e. The van der Waals surface area contributed by atoms with Crippen molar-refractivity contribution >= 4 is 0 Å². The Kier molecular flexibility index (Phi) is 3.41.